The van der Waals surface area contributed by atoms with Crippen molar-refractivity contribution in [1.29, 1.82) is 0 Å². The minimum Gasteiger partial charge on any atom is -0.383 e. The molecule has 1 atom stereocenters. The van der Waals surface area contributed by atoms with E-state index in [1.54, 1.807) is 18.4 Å². The van der Waals surface area contributed by atoms with Crippen molar-refractivity contribution in [1.82, 2.24) is 5.32 Å². The number of nitrogens with one attached hydrogen (secondary N) is 1. The zero-order valence-electron chi connectivity index (χ0n) is 10.4. The van der Waals surface area contributed by atoms with Crippen molar-refractivity contribution >= 4 is 11.3 Å². The Labute approximate surface area is 103 Å². The molecule has 0 spiro atoms. The first-order chi connectivity index (χ1) is 7.86. The number of rotatable bonds is 9. The van der Waals surface area contributed by atoms with Crippen LogP contribution in [0.25, 0.3) is 0 Å². The van der Waals surface area contributed by atoms with E-state index in [2.05, 4.69) is 29.1 Å². The van der Waals surface area contributed by atoms with Crippen LogP contribution in [0.15, 0.2) is 16.8 Å². The molecule has 1 aromatic heterocycles. The molecule has 0 saturated heterocycles. The zero-order chi connectivity index (χ0) is 11.6. The van der Waals surface area contributed by atoms with Crippen LogP contribution in [0.2, 0.25) is 0 Å². The van der Waals surface area contributed by atoms with E-state index in [0.717, 1.165) is 19.6 Å². The lowest BCUT2D eigenvalue weighted by Crippen LogP contribution is -2.34. The smallest absolute Gasteiger partial charge is 0.0615 e. The molecule has 0 amide bonds. The highest BCUT2D eigenvalue weighted by atomic mass is 32.1. The van der Waals surface area contributed by atoms with E-state index in [9.17, 15) is 0 Å². The molecular formula is C13H23NOS. The monoisotopic (exact) mass is 241 g/mol. The van der Waals surface area contributed by atoms with Crippen molar-refractivity contribution < 1.29 is 4.74 Å². The van der Waals surface area contributed by atoms with E-state index in [1.807, 2.05) is 0 Å². The highest BCUT2D eigenvalue weighted by Crippen LogP contribution is 2.06. The Hall–Kier alpha value is -0.380. The molecule has 0 aliphatic rings. The van der Waals surface area contributed by atoms with Gasteiger partial charge in [-0.3, -0.25) is 0 Å². The maximum atomic E-state index is 5.23. The van der Waals surface area contributed by atoms with Crippen molar-refractivity contribution in [2.75, 3.05) is 20.3 Å². The average molecular weight is 241 g/mol. The summed E-state index contributed by atoms with van der Waals surface area (Å²) in [6, 6.07) is 2.72. The van der Waals surface area contributed by atoms with Crippen LogP contribution in [0.4, 0.5) is 0 Å². The highest BCUT2D eigenvalue weighted by Gasteiger charge is 2.06. The van der Waals surface area contributed by atoms with Gasteiger partial charge in [0.05, 0.1) is 6.61 Å². The predicted octanol–water partition coefficient (Wildman–Crippen LogP) is 3.09. The number of unbranched alkanes of at least 4 members (excludes halogenated alkanes) is 1. The largest absolute Gasteiger partial charge is 0.383 e. The lowest BCUT2D eigenvalue weighted by molar-refractivity contribution is 0.161. The second kappa shape index (κ2) is 8.74. The van der Waals surface area contributed by atoms with Crippen molar-refractivity contribution in [3.63, 3.8) is 0 Å². The van der Waals surface area contributed by atoms with Gasteiger partial charge in [-0.15, -0.1) is 0 Å². The maximum absolute atomic E-state index is 5.23. The minimum absolute atomic E-state index is 0.517. The quantitative estimate of drug-likeness (QED) is 0.717. The van der Waals surface area contributed by atoms with Crippen molar-refractivity contribution in [2.45, 2.75) is 38.6 Å². The van der Waals surface area contributed by atoms with Crippen molar-refractivity contribution in [3.8, 4) is 0 Å². The van der Waals surface area contributed by atoms with Crippen LogP contribution in [0.3, 0.4) is 0 Å². The van der Waals surface area contributed by atoms with Gasteiger partial charge in [-0.2, -0.15) is 11.3 Å². The van der Waals surface area contributed by atoms with Crippen LogP contribution in [0, 0.1) is 0 Å². The van der Waals surface area contributed by atoms with Crippen LogP contribution >= 0.6 is 11.3 Å². The fourth-order valence-corrected chi connectivity index (χ4v) is 2.45. The molecule has 0 aliphatic heterocycles. The van der Waals surface area contributed by atoms with Gasteiger partial charge in [0.25, 0.3) is 0 Å². The first kappa shape index (κ1) is 13.7. The van der Waals surface area contributed by atoms with Gasteiger partial charge >= 0.3 is 0 Å². The Morgan fingerprint density at radius 3 is 3.00 bits per heavy atom. The molecule has 0 aliphatic carbocycles. The van der Waals surface area contributed by atoms with E-state index in [0.29, 0.717) is 6.04 Å². The summed E-state index contributed by atoms with van der Waals surface area (Å²) in [7, 11) is 1.78. The molecule has 16 heavy (non-hydrogen) atoms. The van der Waals surface area contributed by atoms with Crippen LogP contribution < -0.4 is 5.32 Å². The summed E-state index contributed by atoms with van der Waals surface area (Å²) in [6.45, 7) is 4.10. The van der Waals surface area contributed by atoms with Gasteiger partial charge in [0, 0.05) is 13.2 Å². The van der Waals surface area contributed by atoms with Crippen molar-refractivity contribution in [2.24, 2.45) is 0 Å². The van der Waals surface area contributed by atoms with Crippen LogP contribution in [-0.2, 0) is 11.2 Å². The van der Waals surface area contributed by atoms with Crippen LogP contribution in [-0.4, -0.2) is 26.3 Å². The summed E-state index contributed by atoms with van der Waals surface area (Å²) in [4.78, 5) is 0. The lowest BCUT2D eigenvalue weighted by atomic mass is 10.1. The van der Waals surface area contributed by atoms with E-state index in [-0.39, 0.29) is 0 Å². The molecular weight excluding hydrogens is 218 g/mol. The normalized spacial score (nSPS) is 12.9. The number of hydrogen-bond donors (Lipinski definition) is 1. The summed E-state index contributed by atoms with van der Waals surface area (Å²) in [5.74, 6) is 0. The number of thiophene rings is 1. The molecule has 1 unspecified atom stereocenters. The average Bonchev–Trinajstić information content (AvgIpc) is 2.79. The van der Waals surface area contributed by atoms with Crippen LogP contribution in [0.5, 0.6) is 0 Å². The third-order valence-electron chi connectivity index (χ3n) is 2.70. The molecule has 0 radical (unpaired) electrons. The van der Waals surface area contributed by atoms with Gasteiger partial charge in [0.2, 0.25) is 0 Å². The summed E-state index contributed by atoms with van der Waals surface area (Å²) in [5.41, 5.74) is 1.43. The first-order valence-electron chi connectivity index (χ1n) is 6.10. The number of methoxy groups -OCH3 is 1. The molecule has 1 aromatic rings. The Bertz CT molecular complexity index is 248. The standard InChI is InChI=1S/C13H23NOS/c1-3-4-5-13(10-15-2)14-8-6-12-7-9-16-11-12/h7,9,11,13-14H,3-6,8,10H2,1-2H3. The third kappa shape index (κ3) is 5.64. The van der Waals surface area contributed by atoms with Gasteiger partial charge in [-0.05, 0) is 41.8 Å². The molecule has 0 aromatic carbocycles. The molecule has 3 heteroatoms. The SMILES string of the molecule is CCCCC(COC)NCCc1ccsc1. The van der Waals surface area contributed by atoms with Gasteiger partial charge in [-0.1, -0.05) is 19.8 Å². The van der Waals surface area contributed by atoms with Gasteiger partial charge < -0.3 is 10.1 Å². The first-order valence-corrected chi connectivity index (χ1v) is 7.04. The Kier molecular flexibility index (Phi) is 7.47. The fourth-order valence-electron chi connectivity index (χ4n) is 1.75. The molecule has 0 bridgehead atoms. The van der Waals surface area contributed by atoms with E-state index >= 15 is 0 Å². The van der Waals surface area contributed by atoms with Crippen LogP contribution in [0.1, 0.15) is 31.7 Å². The maximum Gasteiger partial charge on any atom is 0.0615 e. The second-order valence-corrected chi connectivity index (χ2v) is 4.91. The molecule has 1 N–H and O–H groups in total. The fraction of sp³-hybridized carbons (Fsp3) is 0.692. The third-order valence-corrected chi connectivity index (χ3v) is 3.43. The summed E-state index contributed by atoms with van der Waals surface area (Å²) in [5, 5.41) is 7.93. The predicted molar refractivity (Wildman–Crippen MR) is 71.2 cm³/mol. The minimum atomic E-state index is 0.517. The topological polar surface area (TPSA) is 21.3 Å². The van der Waals surface area contributed by atoms with Gasteiger partial charge in [-0.25, -0.2) is 0 Å². The summed E-state index contributed by atoms with van der Waals surface area (Å²) < 4.78 is 5.23. The second-order valence-electron chi connectivity index (χ2n) is 4.13. The Morgan fingerprint density at radius 2 is 2.38 bits per heavy atom. The summed E-state index contributed by atoms with van der Waals surface area (Å²) >= 11 is 1.77. The lowest BCUT2D eigenvalue weighted by Gasteiger charge is -2.17. The summed E-state index contributed by atoms with van der Waals surface area (Å²) in [6.07, 6.45) is 4.87. The molecule has 0 fully saturated rings. The Balaban J connectivity index is 2.15. The van der Waals surface area contributed by atoms with Crippen molar-refractivity contribution in [3.05, 3.63) is 22.4 Å². The van der Waals surface area contributed by atoms with E-state index in [1.165, 1.54) is 24.8 Å². The molecule has 2 nitrogen and oxygen atoms in total. The van der Waals surface area contributed by atoms with E-state index in [4.69, 9.17) is 4.74 Å². The molecule has 92 valence electrons. The van der Waals surface area contributed by atoms with E-state index < -0.39 is 0 Å². The van der Waals surface area contributed by atoms with Gasteiger partial charge in [0.15, 0.2) is 0 Å². The number of ether oxygens (including phenoxy) is 1. The molecule has 0 saturated carbocycles. The molecule has 1 rings (SSSR count). The highest BCUT2D eigenvalue weighted by molar-refractivity contribution is 7.07. The zero-order valence-corrected chi connectivity index (χ0v) is 11.2. The Morgan fingerprint density at radius 1 is 1.50 bits per heavy atom. The van der Waals surface area contributed by atoms with Gasteiger partial charge in [0.1, 0.15) is 0 Å². The molecule has 1 heterocycles. The number of hydrogen-bond acceptors (Lipinski definition) is 3.